The summed E-state index contributed by atoms with van der Waals surface area (Å²) < 4.78 is 5.48. The number of nitrogens with zero attached hydrogens (tertiary/aromatic N) is 1. The molecule has 2 aromatic carbocycles. The molecule has 0 fully saturated rings. The Labute approximate surface area is 119 Å². The fourth-order valence-corrected chi connectivity index (χ4v) is 1.98. The lowest BCUT2D eigenvalue weighted by Gasteiger charge is -2.08. The quantitative estimate of drug-likeness (QED) is 0.591. The molecule has 0 N–H and O–H groups in total. The lowest BCUT2D eigenvalue weighted by Crippen LogP contribution is -1.94. The lowest BCUT2D eigenvalue weighted by atomic mass is 10.2. The van der Waals surface area contributed by atoms with Crippen molar-refractivity contribution in [1.29, 1.82) is 0 Å². The molecule has 0 heterocycles. The maximum absolute atomic E-state index is 11.0. The Balaban J connectivity index is 2.40. The third kappa shape index (κ3) is 3.16. The zero-order valence-corrected chi connectivity index (χ0v) is 11.4. The van der Waals surface area contributed by atoms with Gasteiger partial charge < -0.3 is 4.74 Å². The standard InChI is InChI=1S/C13H9Cl2NO3/c1-8-2-4-13(11(6-8)16(17)18)19-12-5-3-9(14)7-10(12)15/h2-7H,1H3. The molecule has 0 aromatic heterocycles. The third-order valence-corrected chi connectivity index (χ3v) is 2.96. The minimum atomic E-state index is -0.494. The minimum Gasteiger partial charge on any atom is -0.449 e. The fourth-order valence-electron chi connectivity index (χ4n) is 1.53. The van der Waals surface area contributed by atoms with E-state index in [2.05, 4.69) is 0 Å². The zero-order chi connectivity index (χ0) is 14.0. The molecule has 0 unspecified atom stereocenters. The van der Waals surface area contributed by atoms with Gasteiger partial charge in [-0.15, -0.1) is 0 Å². The van der Waals surface area contributed by atoms with Crippen LogP contribution in [-0.4, -0.2) is 4.92 Å². The number of ether oxygens (including phenoxy) is 1. The first kappa shape index (κ1) is 13.6. The van der Waals surface area contributed by atoms with Crippen LogP contribution in [0.2, 0.25) is 10.0 Å². The van der Waals surface area contributed by atoms with Crippen LogP contribution in [0.25, 0.3) is 0 Å². The molecular weight excluding hydrogens is 289 g/mol. The number of nitro benzene ring substituents is 1. The molecule has 0 saturated carbocycles. The summed E-state index contributed by atoms with van der Waals surface area (Å²) in [6, 6.07) is 9.39. The van der Waals surface area contributed by atoms with Gasteiger partial charge in [0.25, 0.3) is 0 Å². The Bertz CT molecular complexity index is 644. The van der Waals surface area contributed by atoms with Gasteiger partial charge >= 0.3 is 5.69 Å². The Morgan fingerprint density at radius 2 is 1.79 bits per heavy atom. The van der Waals surface area contributed by atoms with E-state index >= 15 is 0 Å². The Morgan fingerprint density at radius 3 is 2.42 bits per heavy atom. The molecular formula is C13H9Cl2NO3. The smallest absolute Gasteiger partial charge is 0.311 e. The second-order valence-corrected chi connectivity index (χ2v) is 4.75. The normalized spacial score (nSPS) is 10.3. The van der Waals surface area contributed by atoms with Crippen molar-refractivity contribution in [3.05, 3.63) is 62.1 Å². The summed E-state index contributed by atoms with van der Waals surface area (Å²) in [4.78, 5) is 10.5. The van der Waals surface area contributed by atoms with Gasteiger partial charge in [-0.05, 0) is 36.8 Å². The molecule has 0 spiro atoms. The van der Waals surface area contributed by atoms with E-state index in [1.807, 2.05) is 0 Å². The number of rotatable bonds is 3. The predicted octanol–water partition coefficient (Wildman–Crippen LogP) is 5.00. The molecule has 19 heavy (non-hydrogen) atoms. The first-order valence-corrected chi connectivity index (χ1v) is 6.11. The van der Waals surface area contributed by atoms with E-state index in [0.717, 1.165) is 5.56 Å². The van der Waals surface area contributed by atoms with Crippen molar-refractivity contribution < 1.29 is 9.66 Å². The van der Waals surface area contributed by atoms with Crippen molar-refractivity contribution in [2.75, 3.05) is 0 Å². The highest BCUT2D eigenvalue weighted by Crippen LogP contribution is 2.36. The van der Waals surface area contributed by atoms with E-state index in [-0.39, 0.29) is 11.4 Å². The summed E-state index contributed by atoms with van der Waals surface area (Å²) in [7, 11) is 0. The van der Waals surface area contributed by atoms with Gasteiger partial charge in [-0.1, -0.05) is 29.3 Å². The average molecular weight is 298 g/mol. The Morgan fingerprint density at radius 1 is 1.11 bits per heavy atom. The van der Waals surface area contributed by atoms with Crippen LogP contribution in [0.4, 0.5) is 5.69 Å². The maximum Gasteiger partial charge on any atom is 0.311 e. The number of aryl methyl sites for hydroxylation is 1. The predicted molar refractivity (Wildman–Crippen MR) is 74.4 cm³/mol. The molecule has 98 valence electrons. The molecule has 0 radical (unpaired) electrons. The van der Waals surface area contributed by atoms with Crippen molar-refractivity contribution in [3.63, 3.8) is 0 Å². The second-order valence-electron chi connectivity index (χ2n) is 3.91. The van der Waals surface area contributed by atoms with E-state index < -0.39 is 4.92 Å². The van der Waals surface area contributed by atoms with Crippen molar-refractivity contribution in [1.82, 2.24) is 0 Å². The van der Waals surface area contributed by atoms with Crippen LogP contribution >= 0.6 is 23.2 Å². The zero-order valence-electron chi connectivity index (χ0n) is 9.89. The van der Waals surface area contributed by atoms with Gasteiger partial charge in [0.05, 0.1) is 9.95 Å². The van der Waals surface area contributed by atoms with Crippen LogP contribution < -0.4 is 4.74 Å². The highest BCUT2D eigenvalue weighted by atomic mass is 35.5. The number of benzene rings is 2. The SMILES string of the molecule is Cc1ccc(Oc2ccc(Cl)cc2Cl)c([N+](=O)[O-])c1. The van der Waals surface area contributed by atoms with Crippen LogP contribution in [-0.2, 0) is 0 Å². The van der Waals surface area contributed by atoms with Crippen molar-refractivity contribution in [2.45, 2.75) is 6.92 Å². The molecule has 0 atom stereocenters. The summed E-state index contributed by atoms with van der Waals surface area (Å²) in [5, 5.41) is 11.7. The molecule has 2 rings (SSSR count). The summed E-state index contributed by atoms with van der Waals surface area (Å²) in [6.45, 7) is 1.77. The summed E-state index contributed by atoms with van der Waals surface area (Å²) in [6.07, 6.45) is 0. The summed E-state index contributed by atoms with van der Waals surface area (Å²) in [5.74, 6) is 0.456. The summed E-state index contributed by atoms with van der Waals surface area (Å²) >= 11 is 11.7. The summed E-state index contributed by atoms with van der Waals surface area (Å²) in [5.41, 5.74) is 0.673. The van der Waals surface area contributed by atoms with Crippen LogP contribution in [0, 0.1) is 17.0 Å². The second kappa shape index (κ2) is 5.47. The van der Waals surface area contributed by atoms with Crippen LogP contribution in [0.1, 0.15) is 5.56 Å². The van der Waals surface area contributed by atoms with Gasteiger partial charge in [-0.2, -0.15) is 0 Å². The van der Waals surface area contributed by atoms with E-state index in [1.54, 1.807) is 31.2 Å². The number of nitro groups is 1. The van der Waals surface area contributed by atoms with Crippen LogP contribution in [0.5, 0.6) is 11.5 Å². The number of hydrogen-bond acceptors (Lipinski definition) is 3. The van der Waals surface area contributed by atoms with Crippen LogP contribution in [0.15, 0.2) is 36.4 Å². The lowest BCUT2D eigenvalue weighted by molar-refractivity contribution is -0.385. The molecule has 0 aliphatic heterocycles. The number of halogens is 2. The van der Waals surface area contributed by atoms with E-state index in [1.165, 1.54) is 12.1 Å². The largest absolute Gasteiger partial charge is 0.449 e. The third-order valence-electron chi connectivity index (χ3n) is 2.42. The highest BCUT2D eigenvalue weighted by molar-refractivity contribution is 6.35. The molecule has 0 aliphatic rings. The van der Waals surface area contributed by atoms with Crippen molar-refractivity contribution in [2.24, 2.45) is 0 Å². The fraction of sp³-hybridized carbons (Fsp3) is 0.0769. The molecule has 2 aromatic rings. The first-order valence-electron chi connectivity index (χ1n) is 5.35. The van der Waals surface area contributed by atoms with E-state index in [0.29, 0.717) is 15.8 Å². The monoisotopic (exact) mass is 297 g/mol. The average Bonchev–Trinajstić information content (AvgIpc) is 2.34. The molecule has 0 aliphatic carbocycles. The van der Waals surface area contributed by atoms with Crippen LogP contribution in [0.3, 0.4) is 0 Å². The maximum atomic E-state index is 11.0. The minimum absolute atomic E-state index is 0.106. The first-order chi connectivity index (χ1) is 8.97. The van der Waals surface area contributed by atoms with Gasteiger partial charge in [0, 0.05) is 11.1 Å². The molecule has 0 saturated heterocycles. The number of hydrogen-bond donors (Lipinski definition) is 0. The highest BCUT2D eigenvalue weighted by Gasteiger charge is 2.16. The van der Waals surface area contributed by atoms with Crippen molar-refractivity contribution >= 4 is 28.9 Å². The molecule has 6 heteroatoms. The van der Waals surface area contributed by atoms with Gasteiger partial charge in [-0.3, -0.25) is 10.1 Å². The molecule has 4 nitrogen and oxygen atoms in total. The topological polar surface area (TPSA) is 52.4 Å². The van der Waals surface area contributed by atoms with Gasteiger partial charge in [0.2, 0.25) is 5.75 Å². The van der Waals surface area contributed by atoms with E-state index in [4.69, 9.17) is 27.9 Å². The van der Waals surface area contributed by atoms with Gasteiger partial charge in [0.1, 0.15) is 5.75 Å². The van der Waals surface area contributed by atoms with Gasteiger partial charge in [0.15, 0.2) is 0 Å². The van der Waals surface area contributed by atoms with E-state index in [9.17, 15) is 10.1 Å². The van der Waals surface area contributed by atoms with Crippen molar-refractivity contribution in [3.8, 4) is 11.5 Å². The molecule has 0 amide bonds. The Kier molecular flexibility index (Phi) is 3.93. The van der Waals surface area contributed by atoms with Gasteiger partial charge in [-0.25, -0.2) is 0 Å². The molecule has 0 bridgehead atoms. The Hall–Kier alpha value is -1.78.